The molecule has 2 amide bonds. The van der Waals surface area contributed by atoms with Crippen molar-refractivity contribution in [3.05, 3.63) is 90.5 Å². The molecule has 3 aromatic carbocycles. The van der Waals surface area contributed by atoms with Crippen LogP contribution < -0.4 is 18.9 Å². The van der Waals surface area contributed by atoms with Crippen LogP contribution in [0, 0.1) is 20.2 Å². The number of nitrogens with zero attached hydrogens (tertiary/aromatic N) is 4. The summed E-state index contributed by atoms with van der Waals surface area (Å²) in [6.07, 6.45) is -0.0651. The van der Waals surface area contributed by atoms with Crippen LogP contribution >= 0.6 is 11.6 Å². The fourth-order valence-electron chi connectivity index (χ4n) is 6.72. The molecule has 2 heterocycles. The molecule has 2 fully saturated rings. The van der Waals surface area contributed by atoms with E-state index in [0.717, 1.165) is 35.8 Å². The molecule has 18 nitrogen and oxygen atoms in total. The number of rotatable bonds is 17. The number of carbonyl (C=O) groups is 3. The molecule has 0 radical (unpaired) electrons. The molecule has 0 aromatic heterocycles. The number of unbranched alkanes of at least 4 members (excludes halogenated alkanes) is 2. The van der Waals surface area contributed by atoms with Gasteiger partial charge in [-0.2, -0.15) is 0 Å². The second-order valence-electron chi connectivity index (χ2n) is 13.6. The third kappa shape index (κ3) is 10.2. The lowest BCUT2D eigenvalue weighted by molar-refractivity contribution is -0.385. The normalized spacial score (nSPS) is 18.9. The predicted molar refractivity (Wildman–Crippen MR) is 202 cm³/mol. The number of nitro groups is 2. The van der Waals surface area contributed by atoms with Crippen LogP contribution in [-0.2, 0) is 16.1 Å². The van der Waals surface area contributed by atoms with Crippen LogP contribution in [0.3, 0.4) is 0 Å². The summed E-state index contributed by atoms with van der Waals surface area (Å²) in [4.78, 5) is 64.4. The first-order valence-electron chi connectivity index (χ1n) is 18.1. The molecular weight excluding hydrogens is 772 g/mol. The molecule has 2 aliphatic heterocycles. The van der Waals surface area contributed by atoms with E-state index in [4.69, 9.17) is 35.3 Å². The van der Waals surface area contributed by atoms with E-state index in [-0.39, 0.29) is 79.5 Å². The fraction of sp³-hybridized carbons (Fsp3) is 0.447. The lowest BCUT2D eigenvalue weighted by Gasteiger charge is -2.22. The molecule has 19 heteroatoms. The van der Waals surface area contributed by atoms with Crippen LogP contribution in [0.1, 0.15) is 65.3 Å². The molecule has 2 N–H and O–H groups in total. The van der Waals surface area contributed by atoms with E-state index in [1.54, 1.807) is 31.2 Å². The number of carbonyl (C=O) groups excluding carboxylic acids is 3. The minimum atomic E-state index is -1.12. The van der Waals surface area contributed by atoms with E-state index in [2.05, 4.69) is 0 Å². The predicted octanol–water partition coefficient (Wildman–Crippen LogP) is 4.72. The van der Waals surface area contributed by atoms with Crippen molar-refractivity contribution in [3.8, 4) is 23.0 Å². The molecular formula is C38H43ClN4O14. The van der Waals surface area contributed by atoms with Gasteiger partial charge in [0.2, 0.25) is 0 Å². The summed E-state index contributed by atoms with van der Waals surface area (Å²) in [5, 5.41) is 45.0. The number of esters is 1. The molecule has 3 aromatic rings. The standard InChI is InChI=1S/C38H43ClN4O14/c1-22-13-25(44)19-40(22)36(46)28-16-33(57-21-23-7-9-24(39)10-8-23)35(18-30(28)43(51)52)56-12-6-4-5-11-55-34-17-29(42(49)50)27(15-32(34)53-2)37(47)41-20-26(45)14-31(41)38(48)54-3/h7-10,15-18,22,25-26,31,44-45H,4-6,11-14,19-21H2,1-3H3/t22-,25-,26-,31+/m1/s1. The average molecular weight is 815 g/mol. The minimum absolute atomic E-state index is 0.00484. The van der Waals surface area contributed by atoms with Gasteiger partial charge in [-0.3, -0.25) is 29.8 Å². The van der Waals surface area contributed by atoms with Gasteiger partial charge in [0, 0.05) is 42.7 Å². The van der Waals surface area contributed by atoms with Gasteiger partial charge in [0.25, 0.3) is 23.2 Å². The third-order valence-corrected chi connectivity index (χ3v) is 9.89. The highest BCUT2D eigenvalue weighted by Gasteiger charge is 2.42. The number of aliphatic hydroxyl groups excluding tert-OH is 2. The number of ether oxygens (including phenoxy) is 5. The Labute approximate surface area is 332 Å². The van der Waals surface area contributed by atoms with Crippen molar-refractivity contribution in [1.82, 2.24) is 9.80 Å². The van der Waals surface area contributed by atoms with Gasteiger partial charge >= 0.3 is 5.97 Å². The van der Waals surface area contributed by atoms with Crippen LogP contribution in [0.15, 0.2) is 48.5 Å². The Hall–Kier alpha value is -5.72. The van der Waals surface area contributed by atoms with Crippen LogP contribution in [0.2, 0.25) is 5.02 Å². The lowest BCUT2D eigenvalue weighted by atomic mass is 10.1. The summed E-state index contributed by atoms with van der Waals surface area (Å²) in [5.41, 5.74) is -0.881. The first-order chi connectivity index (χ1) is 27.2. The second kappa shape index (κ2) is 18.9. The van der Waals surface area contributed by atoms with Crippen molar-refractivity contribution >= 4 is 40.8 Å². The highest BCUT2D eigenvalue weighted by molar-refractivity contribution is 6.30. The molecule has 2 saturated heterocycles. The summed E-state index contributed by atoms with van der Waals surface area (Å²) < 4.78 is 27.9. The van der Waals surface area contributed by atoms with Gasteiger partial charge in [-0.05, 0) is 50.3 Å². The van der Waals surface area contributed by atoms with Gasteiger partial charge in [-0.15, -0.1) is 0 Å². The Kier molecular flexibility index (Phi) is 14.1. The number of nitro benzene ring substituents is 2. The molecule has 0 aliphatic carbocycles. The third-order valence-electron chi connectivity index (χ3n) is 9.64. The Morgan fingerprint density at radius 3 is 1.79 bits per heavy atom. The van der Waals surface area contributed by atoms with E-state index in [9.17, 15) is 44.8 Å². The van der Waals surface area contributed by atoms with Gasteiger partial charge in [-0.25, -0.2) is 4.79 Å². The van der Waals surface area contributed by atoms with E-state index in [0.29, 0.717) is 30.7 Å². The maximum atomic E-state index is 13.5. The molecule has 306 valence electrons. The molecule has 5 rings (SSSR count). The van der Waals surface area contributed by atoms with Gasteiger partial charge < -0.3 is 43.7 Å². The second-order valence-corrected chi connectivity index (χ2v) is 14.0. The Morgan fingerprint density at radius 2 is 1.26 bits per heavy atom. The number of hydrogen-bond acceptors (Lipinski definition) is 14. The number of methoxy groups -OCH3 is 2. The minimum Gasteiger partial charge on any atom is -0.493 e. The van der Waals surface area contributed by atoms with Crippen LogP contribution in [0.5, 0.6) is 23.0 Å². The maximum Gasteiger partial charge on any atom is 0.328 e. The van der Waals surface area contributed by atoms with Crippen molar-refractivity contribution in [1.29, 1.82) is 0 Å². The van der Waals surface area contributed by atoms with Crippen molar-refractivity contribution in [2.24, 2.45) is 0 Å². The van der Waals surface area contributed by atoms with Crippen molar-refractivity contribution < 1.29 is 58.1 Å². The lowest BCUT2D eigenvalue weighted by Crippen LogP contribution is -2.41. The quantitative estimate of drug-likeness (QED) is 0.0814. The topological polar surface area (TPSA) is 231 Å². The average Bonchev–Trinajstić information content (AvgIpc) is 3.75. The maximum absolute atomic E-state index is 13.5. The summed E-state index contributed by atoms with van der Waals surface area (Å²) >= 11 is 6.01. The van der Waals surface area contributed by atoms with Crippen molar-refractivity contribution in [2.45, 2.75) is 69.9 Å². The number of benzene rings is 3. The fourth-order valence-corrected chi connectivity index (χ4v) is 6.85. The van der Waals surface area contributed by atoms with Crippen LogP contribution in [0.4, 0.5) is 11.4 Å². The zero-order valence-corrected chi connectivity index (χ0v) is 32.2. The first-order valence-corrected chi connectivity index (χ1v) is 18.5. The van der Waals surface area contributed by atoms with Gasteiger partial charge in [0.05, 0.1) is 61.6 Å². The number of β-amino-alcohol motifs (C(OH)–C–C–N with tert-alkyl or cyclic N) is 2. The molecule has 2 aliphatic rings. The zero-order valence-electron chi connectivity index (χ0n) is 31.5. The van der Waals surface area contributed by atoms with Crippen molar-refractivity contribution in [3.63, 3.8) is 0 Å². The Balaban J connectivity index is 1.24. The summed E-state index contributed by atoms with van der Waals surface area (Å²) in [6, 6.07) is 10.1. The summed E-state index contributed by atoms with van der Waals surface area (Å²) in [5.74, 6) is -2.04. The summed E-state index contributed by atoms with van der Waals surface area (Å²) in [6.45, 7) is 1.81. The van der Waals surface area contributed by atoms with Crippen LogP contribution in [0.25, 0.3) is 0 Å². The molecule has 57 heavy (non-hydrogen) atoms. The first kappa shape index (κ1) is 42.4. The van der Waals surface area contributed by atoms with Gasteiger partial charge in [-0.1, -0.05) is 23.7 Å². The van der Waals surface area contributed by atoms with Gasteiger partial charge in [0.1, 0.15) is 23.8 Å². The molecule has 0 bridgehead atoms. The number of hydrogen-bond donors (Lipinski definition) is 2. The number of halogens is 1. The highest BCUT2D eigenvalue weighted by atomic mass is 35.5. The summed E-state index contributed by atoms with van der Waals surface area (Å²) in [7, 11) is 2.44. The molecule has 0 spiro atoms. The smallest absolute Gasteiger partial charge is 0.328 e. The van der Waals surface area contributed by atoms with E-state index in [1.165, 1.54) is 18.1 Å². The Bertz CT molecular complexity index is 1980. The van der Waals surface area contributed by atoms with Crippen molar-refractivity contribution in [2.75, 3.05) is 40.5 Å². The number of amides is 2. The van der Waals surface area contributed by atoms with Gasteiger partial charge in [0.15, 0.2) is 23.0 Å². The Morgan fingerprint density at radius 1 is 0.754 bits per heavy atom. The van der Waals surface area contributed by atoms with E-state index in [1.807, 2.05) is 0 Å². The van der Waals surface area contributed by atoms with E-state index >= 15 is 0 Å². The SMILES string of the molecule is COC(=O)[C@@H]1C[C@@H](O)CN1C(=O)c1cc(OC)c(OCCCCCOc2cc([N+](=O)[O-])c(C(=O)N3C[C@H](O)C[C@H]3C)cc2OCc2ccc(Cl)cc2)cc1[N+](=O)[O-]. The number of likely N-dealkylation sites (tertiary alicyclic amines) is 2. The molecule has 4 atom stereocenters. The monoisotopic (exact) mass is 814 g/mol. The molecule has 0 saturated carbocycles. The number of aliphatic hydroxyl groups is 2. The van der Waals surface area contributed by atoms with E-state index < -0.39 is 57.3 Å². The largest absolute Gasteiger partial charge is 0.493 e. The highest BCUT2D eigenvalue weighted by Crippen LogP contribution is 2.39. The molecule has 0 unspecified atom stereocenters. The zero-order chi connectivity index (χ0) is 41.4. The van der Waals surface area contributed by atoms with Crippen LogP contribution in [-0.4, -0.2) is 112 Å².